The quantitative estimate of drug-likeness (QED) is 0.428. The largest absolute Gasteiger partial charge is 0.479 e. The summed E-state index contributed by atoms with van der Waals surface area (Å²) in [7, 11) is 0. The summed E-state index contributed by atoms with van der Waals surface area (Å²) >= 11 is 0. The van der Waals surface area contributed by atoms with E-state index in [1.54, 1.807) is 0 Å². The van der Waals surface area contributed by atoms with Crippen molar-refractivity contribution in [1.29, 1.82) is 0 Å². The Kier molecular flexibility index (Phi) is 8.65. The highest BCUT2D eigenvalue weighted by molar-refractivity contribution is 5.79. The second-order valence-corrected chi connectivity index (χ2v) is 9.03. The van der Waals surface area contributed by atoms with E-state index in [1.807, 2.05) is 38.1 Å². The lowest BCUT2D eigenvalue weighted by molar-refractivity contribution is -0.159. The molecular formula is C26H32N2O6. The van der Waals surface area contributed by atoms with Crippen LogP contribution in [-0.4, -0.2) is 42.3 Å². The van der Waals surface area contributed by atoms with E-state index in [0.717, 1.165) is 22.3 Å². The first-order valence-corrected chi connectivity index (χ1v) is 11.5. The van der Waals surface area contributed by atoms with E-state index in [0.29, 0.717) is 12.3 Å². The van der Waals surface area contributed by atoms with Crippen molar-refractivity contribution < 1.29 is 29.1 Å². The van der Waals surface area contributed by atoms with Gasteiger partial charge < -0.3 is 15.2 Å². The normalized spacial score (nSPS) is 14.1. The number of hydrogen-bond acceptors (Lipinski definition) is 5. The minimum absolute atomic E-state index is 0.0243. The van der Waals surface area contributed by atoms with Gasteiger partial charge in [-0.15, -0.1) is 0 Å². The number of carbonyl (C=O) groups is 3. The third kappa shape index (κ3) is 6.57. The van der Waals surface area contributed by atoms with Crippen LogP contribution < -0.4 is 10.8 Å². The van der Waals surface area contributed by atoms with Crippen LogP contribution in [0.4, 0.5) is 4.79 Å². The second-order valence-electron chi connectivity index (χ2n) is 9.03. The van der Waals surface area contributed by atoms with Gasteiger partial charge in [-0.1, -0.05) is 62.4 Å². The zero-order valence-electron chi connectivity index (χ0n) is 19.7. The molecule has 34 heavy (non-hydrogen) atoms. The lowest BCUT2D eigenvalue weighted by atomic mass is 9.94. The Hall–Kier alpha value is -3.39. The molecule has 1 unspecified atom stereocenters. The molecule has 2 aromatic carbocycles. The first kappa shape index (κ1) is 25.2. The van der Waals surface area contributed by atoms with Gasteiger partial charge in [0, 0.05) is 18.9 Å². The highest BCUT2D eigenvalue weighted by Gasteiger charge is 2.29. The van der Waals surface area contributed by atoms with Crippen molar-refractivity contribution in [2.24, 2.45) is 11.8 Å². The van der Waals surface area contributed by atoms with E-state index in [-0.39, 0.29) is 31.4 Å². The molecule has 0 spiro atoms. The van der Waals surface area contributed by atoms with Crippen molar-refractivity contribution in [1.82, 2.24) is 10.8 Å². The van der Waals surface area contributed by atoms with Crippen LogP contribution in [0.2, 0.25) is 0 Å². The van der Waals surface area contributed by atoms with Crippen molar-refractivity contribution >= 4 is 18.0 Å². The van der Waals surface area contributed by atoms with Gasteiger partial charge in [0.1, 0.15) is 6.61 Å². The fourth-order valence-electron chi connectivity index (χ4n) is 4.29. The van der Waals surface area contributed by atoms with E-state index < -0.39 is 24.1 Å². The maximum Gasteiger partial charge on any atom is 0.407 e. The summed E-state index contributed by atoms with van der Waals surface area (Å²) < 4.78 is 5.56. The topological polar surface area (TPSA) is 114 Å². The number of carbonyl (C=O) groups excluding carboxylic acids is 2. The minimum Gasteiger partial charge on any atom is -0.479 e. The summed E-state index contributed by atoms with van der Waals surface area (Å²) in [4.78, 5) is 40.3. The standard InChI is InChI=1S/C26H32N2O6/c1-16(2)12-18(13-24(29)28-34-17(3)25(30)31)14-27-26(32)33-15-23-21-10-6-4-8-19(21)20-9-5-7-11-22(20)23/h4-11,16-18,23H,12-15H2,1-3H3,(H,27,32)(H,28,29)(H,30,31)/t17?,18-/m0/s1. The van der Waals surface area contributed by atoms with Gasteiger partial charge in [-0.2, -0.15) is 0 Å². The predicted molar refractivity (Wildman–Crippen MR) is 127 cm³/mol. The number of carboxylic acids is 1. The third-order valence-corrected chi connectivity index (χ3v) is 5.85. The van der Waals surface area contributed by atoms with E-state index in [1.165, 1.54) is 6.92 Å². The van der Waals surface area contributed by atoms with E-state index in [4.69, 9.17) is 14.7 Å². The van der Waals surface area contributed by atoms with Gasteiger partial charge >= 0.3 is 12.1 Å². The molecule has 2 aromatic rings. The van der Waals surface area contributed by atoms with Gasteiger partial charge in [0.25, 0.3) is 0 Å². The monoisotopic (exact) mass is 468 g/mol. The zero-order valence-corrected chi connectivity index (χ0v) is 19.7. The van der Waals surface area contributed by atoms with Crippen LogP contribution in [0.5, 0.6) is 0 Å². The number of hydrogen-bond donors (Lipinski definition) is 3. The molecule has 0 aromatic heterocycles. The molecule has 8 nitrogen and oxygen atoms in total. The molecule has 3 N–H and O–H groups in total. The van der Waals surface area contributed by atoms with Crippen LogP contribution in [0.1, 0.15) is 50.7 Å². The Morgan fingerprint density at radius 2 is 1.56 bits per heavy atom. The number of hydroxylamine groups is 1. The van der Waals surface area contributed by atoms with E-state index in [2.05, 4.69) is 35.1 Å². The van der Waals surface area contributed by atoms with E-state index >= 15 is 0 Å². The highest BCUT2D eigenvalue weighted by Crippen LogP contribution is 2.44. The van der Waals surface area contributed by atoms with Crippen molar-refractivity contribution in [3.05, 3.63) is 59.7 Å². The van der Waals surface area contributed by atoms with Gasteiger partial charge in [0.15, 0.2) is 6.10 Å². The van der Waals surface area contributed by atoms with Crippen LogP contribution in [0.3, 0.4) is 0 Å². The number of carboxylic acid groups (broad SMARTS) is 1. The number of rotatable bonds is 11. The van der Waals surface area contributed by atoms with Gasteiger partial charge in [-0.3, -0.25) is 9.63 Å². The molecular weight excluding hydrogens is 436 g/mol. The predicted octanol–water partition coefficient (Wildman–Crippen LogP) is 4.10. The van der Waals surface area contributed by atoms with Crippen molar-refractivity contribution in [3.63, 3.8) is 0 Å². The molecule has 8 heteroatoms. The molecule has 0 bridgehead atoms. The fourth-order valence-corrected chi connectivity index (χ4v) is 4.29. The van der Waals surface area contributed by atoms with Crippen molar-refractivity contribution in [2.45, 2.75) is 45.6 Å². The second kappa shape index (κ2) is 11.7. The van der Waals surface area contributed by atoms with Crippen LogP contribution >= 0.6 is 0 Å². The lowest BCUT2D eigenvalue weighted by Crippen LogP contribution is -2.36. The summed E-state index contributed by atoms with van der Waals surface area (Å²) in [6.07, 6.45) is -0.891. The highest BCUT2D eigenvalue weighted by atomic mass is 16.7. The summed E-state index contributed by atoms with van der Waals surface area (Å²) in [6.45, 7) is 5.86. The average Bonchev–Trinajstić information content (AvgIpc) is 3.13. The SMILES string of the molecule is CC(C)C[C@H](CNC(=O)OCC1c2ccccc2-c2ccccc21)CC(=O)NOC(C)C(=O)O. The molecule has 182 valence electrons. The lowest BCUT2D eigenvalue weighted by Gasteiger charge is -2.20. The zero-order chi connectivity index (χ0) is 24.7. The number of ether oxygens (including phenoxy) is 1. The summed E-state index contributed by atoms with van der Waals surface area (Å²) in [5.41, 5.74) is 6.78. The third-order valence-electron chi connectivity index (χ3n) is 5.85. The Labute approximate surface area is 199 Å². The first-order valence-electron chi connectivity index (χ1n) is 11.5. The van der Waals surface area contributed by atoms with Gasteiger partial charge in [0.2, 0.25) is 5.91 Å². The maximum atomic E-state index is 12.5. The van der Waals surface area contributed by atoms with Crippen LogP contribution in [0.15, 0.2) is 48.5 Å². The smallest absolute Gasteiger partial charge is 0.407 e. The molecule has 0 aliphatic heterocycles. The van der Waals surface area contributed by atoms with Crippen LogP contribution in [-0.2, 0) is 19.2 Å². The number of benzene rings is 2. The molecule has 1 aliphatic rings. The fraction of sp³-hybridized carbons (Fsp3) is 0.423. The Morgan fingerprint density at radius 1 is 0.971 bits per heavy atom. The van der Waals surface area contributed by atoms with Gasteiger partial charge in [-0.05, 0) is 47.4 Å². The van der Waals surface area contributed by atoms with Crippen LogP contribution in [0.25, 0.3) is 11.1 Å². The molecule has 2 atom stereocenters. The van der Waals surface area contributed by atoms with E-state index in [9.17, 15) is 14.4 Å². The molecule has 0 heterocycles. The average molecular weight is 469 g/mol. The van der Waals surface area contributed by atoms with Crippen LogP contribution in [0, 0.1) is 11.8 Å². The van der Waals surface area contributed by atoms with Crippen molar-refractivity contribution in [3.8, 4) is 11.1 Å². The molecule has 1 aliphatic carbocycles. The van der Waals surface area contributed by atoms with Gasteiger partial charge in [0.05, 0.1) is 0 Å². The first-order chi connectivity index (χ1) is 16.3. The molecule has 0 radical (unpaired) electrons. The summed E-state index contributed by atoms with van der Waals surface area (Å²) in [5, 5.41) is 11.6. The number of amides is 2. The Balaban J connectivity index is 1.52. The number of aliphatic carboxylic acids is 1. The van der Waals surface area contributed by atoms with Gasteiger partial charge in [-0.25, -0.2) is 15.1 Å². The molecule has 2 amide bonds. The maximum absolute atomic E-state index is 12.5. The molecule has 0 saturated heterocycles. The Morgan fingerprint density at radius 3 is 2.12 bits per heavy atom. The molecule has 0 fully saturated rings. The molecule has 3 rings (SSSR count). The molecule has 0 saturated carbocycles. The summed E-state index contributed by atoms with van der Waals surface area (Å²) in [6, 6.07) is 16.3. The summed E-state index contributed by atoms with van der Waals surface area (Å²) in [5.74, 6) is -1.47. The number of fused-ring (bicyclic) bond motifs is 3. The Bertz CT molecular complexity index is 976. The van der Waals surface area contributed by atoms with Crippen molar-refractivity contribution in [2.75, 3.05) is 13.2 Å². The minimum atomic E-state index is -1.17. The number of nitrogens with one attached hydrogen (secondary N) is 2. The number of alkyl carbamates (subject to hydrolysis) is 1.